The Morgan fingerprint density at radius 2 is 1.82 bits per heavy atom. The number of nitrogens with zero attached hydrogens (tertiary/aromatic N) is 1. The molecular weight excluding hydrogens is 306 g/mol. The van der Waals surface area contributed by atoms with Gasteiger partial charge >= 0.3 is 11.9 Å². The second kappa shape index (κ2) is 7.11. The van der Waals surface area contributed by atoms with E-state index in [0.29, 0.717) is 18.2 Å². The first-order valence-electron chi connectivity index (χ1n) is 5.58. The quantitative estimate of drug-likeness (QED) is 0.379. The van der Waals surface area contributed by atoms with Crippen LogP contribution in [0.1, 0.15) is 0 Å². The van der Waals surface area contributed by atoms with Crippen molar-refractivity contribution in [2.24, 2.45) is 0 Å². The average Bonchev–Trinajstić information content (AvgIpc) is 2.48. The third-order valence-electron chi connectivity index (χ3n) is 2.37. The standard InChI is InChI=1S/C12H10F2N2O6/c1-21-11(17)5-9(12(18)22-2)15-8-3-6(13)7(14)4-10(8)16(19)20/h3-5,15H,1-2H3/b9-5+. The van der Waals surface area contributed by atoms with Gasteiger partial charge in [-0.15, -0.1) is 0 Å². The van der Waals surface area contributed by atoms with Crippen LogP contribution in [0.4, 0.5) is 20.2 Å². The Kier molecular flexibility index (Phi) is 5.50. The van der Waals surface area contributed by atoms with E-state index in [1.807, 2.05) is 0 Å². The minimum Gasteiger partial charge on any atom is -0.466 e. The van der Waals surface area contributed by atoms with Crippen molar-refractivity contribution in [1.82, 2.24) is 0 Å². The van der Waals surface area contributed by atoms with Crippen LogP contribution in [0.5, 0.6) is 0 Å². The molecule has 22 heavy (non-hydrogen) atoms. The molecule has 0 amide bonds. The van der Waals surface area contributed by atoms with Gasteiger partial charge in [-0.25, -0.2) is 18.4 Å². The second-order valence-corrected chi connectivity index (χ2v) is 3.74. The molecule has 10 heteroatoms. The molecule has 0 spiro atoms. The highest BCUT2D eigenvalue weighted by Gasteiger charge is 2.22. The van der Waals surface area contributed by atoms with E-state index in [0.717, 1.165) is 14.2 Å². The largest absolute Gasteiger partial charge is 0.466 e. The van der Waals surface area contributed by atoms with Gasteiger partial charge < -0.3 is 14.8 Å². The van der Waals surface area contributed by atoms with Crippen LogP contribution < -0.4 is 5.32 Å². The zero-order valence-corrected chi connectivity index (χ0v) is 11.4. The third kappa shape index (κ3) is 3.98. The van der Waals surface area contributed by atoms with E-state index in [1.165, 1.54) is 0 Å². The molecule has 0 aromatic heterocycles. The van der Waals surface area contributed by atoms with Crippen LogP contribution in [-0.2, 0) is 19.1 Å². The van der Waals surface area contributed by atoms with E-state index in [-0.39, 0.29) is 0 Å². The van der Waals surface area contributed by atoms with Crippen LogP contribution in [0.15, 0.2) is 23.9 Å². The molecule has 1 rings (SSSR count). The molecule has 0 aliphatic rings. The van der Waals surface area contributed by atoms with Crippen LogP contribution in [0.25, 0.3) is 0 Å². The lowest BCUT2D eigenvalue weighted by atomic mass is 10.2. The summed E-state index contributed by atoms with van der Waals surface area (Å²) in [5.74, 6) is -4.84. The number of nitro groups is 1. The maximum atomic E-state index is 13.2. The number of carbonyl (C=O) groups excluding carboxylic acids is 2. The van der Waals surface area contributed by atoms with Gasteiger partial charge in [-0.1, -0.05) is 0 Å². The molecule has 1 aromatic carbocycles. The molecule has 0 heterocycles. The van der Waals surface area contributed by atoms with E-state index in [4.69, 9.17) is 0 Å². The molecule has 0 fully saturated rings. The predicted molar refractivity (Wildman–Crippen MR) is 68.8 cm³/mol. The highest BCUT2D eigenvalue weighted by Crippen LogP contribution is 2.28. The van der Waals surface area contributed by atoms with Gasteiger partial charge in [-0.3, -0.25) is 10.1 Å². The number of benzene rings is 1. The normalized spacial score (nSPS) is 10.8. The van der Waals surface area contributed by atoms with Crippen LogP contribution in [-0.4, -0.2) is 31.1 Å². The first-order chi connectivity index (χ1) is 10.3. The van der Waals surface area contributed by atoms with Crippen molar-refractivity contribution in [3.05, 3.63) is 45.7 Å². The lowest BCUT2D eigenvalue weighted by molar-refractivity contribution is -0.384. The number of carbonyl (C=O) groups is 2. The molecule has 8 nitrogen and oxygen atoms in total. The van der Waals surface area contributed by atoms with Crippen molar-refractivity contribution in [1.29, 1.82) is 0 Å². The first-order valence-corrected chi connectivity index (χ1v) is 5.58. The van der Waals surface area contributed by atoms with Gasteiger partial charge in [0.05, 0.1) is 31.3 Å². The SMILES string of the molecule is COC(=O)/C=C(/Nc1cc(F)c(F)cc1[N+](=O)[O-])C(=O)OC. The van der Waals surface area contributed by atoms with Gasteiger partial charge in [0.1, 0.15) is 11.4 Å². The number of methoxy groups -OCH3 is 2. The lowest BCUT2D eigenvalue weighted by Crippen LogP contribution is -2.16. The van der Waals surface area contributed by atoms with Crippen LogP contribution >= 0.6 is 0 Å². The Bertz CT molecular complexity index is 659. The molecule has 0 atom stereocenters. The average molecular weight is 316 g/mol. The van der Waals surface area contributed by atoms with E-state index >= 15 is 0 Å². The Hall–Kier alpha value is -3.04. The van der Waals surface area contributed by atoms with E-state index in [9.17, 15) is 28.5 Å². The fraction of sp³-hybridized carbons (Fsp3) is 0.167. The lowest BCUT2D eigenvalue weighted by Gasteiger charge is -2.09. The number of anilines is 1. The minimum atomic E-state index is -1.44. The van der Waals surface area contributed by atoms with Gasteiger partial charge in [-0.05, 0) is 0 Å². The Labute approximate surface area is 122 Å². The summed E-state index contributed by atoms with van der Waals surface area (Å²) < 4.78 is 35.0. The number of esters is 2. The number of hydrogen-bond acceptors (Lipinski definition) is 7. The van der Waals surface area contributed by atoms with Crippen LogP contribution in [0.2, 0.25) is 0 Å². The van der Waals surface area contributed by atoms with Crippen molar-refractivity contribution >= 4 is 23.3 Å². The number of nitro benzene ring substituents is 1. The molecule has 118 valence electrons. The van der Waals surface area contributed by atoms with Crippen LogP contribution in [0, 0.1) is 21.7 Å². The molecule has 0 saturated heterocycles. The number of nitrogens with one attached hydrogen (secondary N) is 1. The van der Waals surface area contributed by atoms with Crippen molar-refractivity contribution in [3.63, 3.8) is 0 Å². The summed E-state index contributed by atoms with van der Waals surface area (Å²) in [7, 11) is 2.03. The van der Waals surface area contributed by atoms with E-state index in [1.54, 1.807) is 0 Å². The Morgan fingerprint density at radius 3 is 2.32 bits per heavy atom. The fourth-order valence-corrected chi connectivity index (χ4v) is 1.37. The van der Waals surface area contributed by atoms with E-state index in [2.05, 4.69) is 14.8 Å². The maximum Gasteiger partial charge on any atom is 0.354 e. The minimum absolute atomic E-state index is 0.338. The summed E-state index contributed by atoms with van der Waals surface area (Å²) in [4.78, 5) is 32.5. The molecule has 0 saturated carbocycles. The highest BCUT2D eigenvalue weighted by atomic mass is 19.2. The summed E-state index contributed by atoms with van der Waals surface area (Å²) in [6.45, 7) is 0. The number of rotatable bonds is 5. The smallest absolute Gasteiger partial charge is 0.354 e. The monoisotopic (exact) mass is 316 g/mol. The first kappa shape index (κ1) is 17.0. The molecule has 1 N–H and O–H groups in total. The van der Waals surface area contributed by atoms with Gasteiger partial charge in [0.15, 0.2) is 11.6 Å². The topological polar surface area (TPSA) is 108 Å². The predicted octanol–water partition coefficient (Wildman–Crippen LogP) is 1.51. The fourth-order valence-electron chi connectivity index (χ4n) is 1.37. The Morgan fingerprint density at radius 1 is 1.23 bits per heavy atom. The van der Waals surface area contributed by atoms with Gasteiger partial charge in [-0.2, -0.15) is 0 Å². The number of hydrogen-bond donors (Lipinski definition) is 1. The molecular formula is C12H10F2N2O6. The zero-order chi connectivity index (χ0) is 16.9. The highest BCUT2D eigenvalue weighted by molar-refractivity contribution is 5.99. The number of ether oxygens (including phenoxy) is 2. The van der Waals surface area contributed by atoms with Crippen molar-refractivity contribution in [2.75, 3.05) is 19.5 Å². The van der Waals surface area contributed by atoms with Gasteiger partial charge in [0, 0.05) is 6.07 Å². The maximum absolute atomic E-state index is 13.2. The Balaban J connectivity index is 3.32. The van der Waals surface area contributed by atoms with Gasteiger partial charge in [0.25, 0.3) is 5.69 Å². The molecule has 0 unspecified atom stereocenters. The van der Waals surface area contributed by atoms with E-state index < -0.39 is 45.6 Å². The number of halogens is 2. The molecule has 0 bridgehead atoms. The zero-order valence-electron chi connectivity index (χ0n) is 11.4. The molecule has 1 aromatic rings. The van der Waals surface area contributed by atoms with Crippen molar-refractivity contribution in [3.8, 4) is 0 Å². The molecule has 0 aliphatic carbocycles. The summed E-state index contributed by atoms with van der Waals surface area (Å²) in [6, 6.07) is 0.812. The van der Waals surface area contributed by atoms with Crippen molar-refractivity contribution in [2.45, 2.75) is 0 Å². The van der Waals surface area contributed by atoms with Gasteiger partial charge in [0.2, 0.25) is 0 Å². The summed E-state index contributed by atoms with van der Waals surface area (Å²) in [5, 5.41) is 13.0. The second-order valence-electron chi connectivity index (χ2n) is 3.74. The van der Waals surface area contributed by atoms with Crippen LogP contribution in [0.3, 0.4) is 0 Å². The molecule has 0 radical (unpaired) electrons. The summed E-state index contributed by atoms with van der Waals surface area (Å²) >= 11 is 0. The van der Waals surface area contributed by atoms with Crippen molar-refractivity contribution < 1.29 is 32.8 Å². The summed E-state index contributed by atoms with van der Waals surface area (Å²) in [6.07, 6.45) is 0.650. The molecule has 0 aliphatic heterocycles. The summed E-state index contributed by atoms with van der Waals surface area (Å²) in [5.41, 5.74) is -1.92. The third-order valence-corrected chi connectivity index (χ3v) is 2.37.